The molecule has 0 saturated carbocycles. The van der Waals surface area contributed by atoms with Crippen LogP contribution in [0.5, 0.6) is 0 Å². The van der Waals surface area contributed by atoms with E-state index in [-0.39, 0.29) is 6.04 Å². The summed E-state index contributed by atoms with van der Waals surface area (Å²) in [5, 5.41) is 0. The van der Waals surface area contributed by atoms with Gasteiger partial charge >= 0.3 is 0 Å². The molecule has 2 heteroatoms. The lowest BCUT2D eigenvalue weighted by molar-refractivity contribution is 0.531. The molecule has 1 aromatic heterocycles. The highest BCUT2D eigenvalue weighted by Gasteiger charge is 2.21. The number of hydrogen-bond donors (Lipinski definition) is 1. The number of fused-ring (bicyclic) bond motifs is 1. The van der Waals surface area contributed by atoms with Gasteiger partial charge in [0.15, 0.2) is 0 Å². The molecule has 19 heavy (non-hydrogen) atoms. The molecule has 1 atom stereocenters. The Morgan fingerprint density at radius 2 is 2.16 bits per heavy atom. The topological polar surface area (TPSA) is 30.9 Å². The number of rotatable bonds is 3. The number of nitrogens with two attached hydrogens (primary N) is 1. The van der Waals surface area contributed by atoms with Gasteiger partial charge in [-0.15, -0.1) is 0 Å². The van der Waals surface area contributed by atoms with E-state index in [9.17, 15) is 0 Å². The maximum atomic E-state index is 6.24. The van der Waals surface area contributed by atoms with E-state index in [4.69, 9.17) is 5.73 Å². The van der Waals surface area contributed by atoms with Crippen molar-refractivity contribution in [1.82, 2.24) is 4.57 Å². The molecule has 1 unspecified atom stereocenters. The van der Waals surface area contributed by atoms with Crippen LogP contribution in [0, 0.1) is 6.92 Å². The Morgan fingerprint density at radius 3 is 2.95 bits per heavy atom. The maximum absolute atomic E-state index is 6.24. The van der Waals surface area contributed by atoms with Crippen LogP contribution < -0.4 is 5.73 Å². The second-order valence-corrected chi connectivity index (χ2v) is 6.20. The monoisotopic (exact) mass is 258 g/mol. The summed E-state index contributed by atoms with van der Waals surface area (Å²) in [6.45, 7) is 3.39. The molecule has 0 fully saturated rings. The van der Waals surface area contributed by atoms with Crippen LogP contribution in [0.25, 0.3) is 0 Å². The highest BCUT2D eigenvalue weighted by molar-refractivity contribution is 5.32. The van der Waals surface area contributed by atoms with Gasteiger partial charge in [-0.1, -0.05) is 11.6 Å². The average Bonchev–Trinajstić information content (AvgIpc) is 2.75. The molecule has 0 amide bonds. The molecule has 2 aliphatic carbocycles. The van der Waals surface area contributed by atoms with Gasteiger partial charge in [0.2, 0.25) is 0 Å². The fourth-order valence-corrected chi connectivity index (χ4v) is 3.70. The quantitative estimate of drug-likeness (QED) is 0.816. The van der Waals surface area contributed by atoms with Crippen LogP contribution in [0.3, 0.4) is 0 Å². The summed E-state index contributed by atoms with van der Waals surface area (Å²) in [7, 11) is 0. The van der Waals surface area contributed by atoms with Crippen LogP contribution in [0.15, 0.2) is 17.7 Å². The Bertz CT molecular complexity index is 482. The van der Waals surface area contributed by atoms with Crippen molar-refractivity contribution >= 4 is 0 Å². The van der Waals surface area contributed by atoms with Gasteiger partial charge in [0.25, 0.3) is 0 Å². The fourth-order valence-electron chi connectivity index (χ4n) is 3.70. The van der Waals surface area contributed by atoms with Crippen LogP contribution in [0.2, 0.25) is 0 Å². The Kier molecular flexibility index (Phi) is 3.79. The summed E-state index contributed by atoms with van der Waals surface area (Å²) in [5.41, 5.74) is 12.3. The molecule has 2 aliphatic rings. The van der Waals surface area contributed by atoms with Crippen LogP contribution in [0.4, 0.5) is 0 Å². The first-order valence-corrected chi connectivity index (χ1v) is 7.88. The molecule has 3 rings (SSSR count). The molecule has 2 N–H and O–H groups in total. The zero-order valence-electron chi connectivity index (χ0n) is 12.1. The first kappa shape index (κ1) is 13.0. The van der Waals surface area contributed by atoms with E-state index in [0.29, 0.717) is 0 Å². The predicted octanol–water partition coefficient (Wildman–Crippen LogP) is 4.02. The summed E-state index contributed by atoms with van der Waals surface area (Å²) in [6, 6.07) is 2.60. The van der Waals surface area contributed by atoms with Crippen molar-refractivity contribution in [3.63, 3.8) is 0 Å². The molecule has 0 aliphatic heterocycles. The van der Waals surface area contributed by atoms with Crippen molar-refractivity contribution in [1.29, 1.82) is 0 Å². The Morgan fingerprint density at radius 1 is 1.26 bits per heavy atom. The van der Waals surface area contributed by atoms with Crippen molar-refractivity contribution in [2.45, 2.75) is 70.9 Å². The van der Waals surface area contributed by atoms with Crippen LogP contribution in [-0.4, -0.2) is 4.57 Å². The first-order valence-electron chi connectivity index (χ1n) is 7.88. The number of nitrogens with zero attached hydrogens (tertiary/aromatic N) is 1. The van der Waals surface area contributed by atoms with Gasteiger partial charge in [-0.2, -0.15) is 0 Å². The lowest BCUT2D eigenvalue weighted by atomic mass is 9.93. The van der Waals surface area contributed by atoms with Crippen molar-refractivity contribution < 1.29 is 0 Å². The molecule has 2 nitrogen and oxygen atoms in total. The summed E-state index contributed by atoms with van der Waals surface area (Å²) in [5.74, 6) is 0. The molecule has 0 radical (unpaired) electrons. The van der Waals surface area contributed by atoms with Crippen LogP contribution in [0.1, 0.15) is 67.9 Å². The summed E-state index contributed by atoms with van der Waals surface area (Å²) < 4.78 is 2.53. The molecule has 0 saturated heterocycles. The number of aryl methyl sites for hydroxylation is 1. The largest absolute Gasteiger partial charge is 0.348 e. The molecule has 0 aromatic carbocycles. The highest BCUT2D eigenvalue weighted by Crippen LogP contribution is 2.31. The smallest absolute Gasteiger partial charge is 0.0313 e. The van der Waals surface area contributed by atoms with Gasteiger partial charge in [-0.05, 0) is 69.9 Å². The van der Waals surface area contributed by atoms with Crippen LogP contribution in [-0.2, 0) is 13.0 Å². The molecular weight excluding hydrogens is 232 g/mol. The predicted molar refractivity (Wildman–Crippen MR) is 80.2 cm³/mol. The molecule has 1 heterocycles. The normalized spacial score (nSPS) is 23.1. The zero-order valence-corrected chi connectivity index (χ0v) is 12.1. The first-order chi connectivity index (χ1) is 9.25. The van der Waals surface area contributed by atoms with Gasteiger partial charge in [-0.25, -0.2) is 0 Å². The van der Waals surface area contributed by atoms with E-state index in [0.717, 1.165) is 13.0 Å². The summed E-state index contributed by atoms with van der Waals surface area (Å²) in [4.78, 5) is 0. The SMILES string of the molecule is Cc1cc2c(n1CCC1=CCCCC1)CCCC2N. The van der Waals surface area contributed by atoms with E-state index >= 15 is 0 Å². The second kappa shape index (κ2) is 5.54. The second-order valence-electron chi connectivity index (χ2n) is 6.20. The molecular formula is C17H26N2. The zero-order chi connectivity index (χ0) is 13.2. The number of allylic oxidation sites excluding steroid dienone is 2. The van der Waals surface area contributed by atoms with Crippen LogP contribution >= 0.6 is 0 Å². The average molecular weight is 258 g/mol. The van der Waals surface area contributed by atoms with E-state index in [1.54, 1.807) is 5.57 Å². The van der Waals surface area contributed by atoms with Gasteiger partial charge < -0.3 is 10.3 Å². The van der Waals surface area contributed by atoms with Crippen molar-refractivity contribution in [2.24, 2.45) is 5.73 Å². The van der Waals surface area contributed by atoms with Crippen molar-refractivity contribution in [2.75, 3.05) is 0 Å². The third-order valence-electron chi connectivity index (χ3n) is 4.82. The van der Waals surface area contributed by atoms with E-state index < -0.39 is 0 Å². The summed E-state index contributed by atoms with van der Waals surface area (Å²) in [6.07, 6.45) is 12.7. The van der Waals surface area contributed by atoms with E-state index in [1.807, 2.05) is 0 Å². The highest BCUT2D eigenvalue weighted by atomic mass is 15.0. The van der Waals surface area contributed by atoms with Gasteiger partial charge in [-0.3, -0.25) is 0 Å². The Labute approximate surface area is 116 Å². The lowest BCUT2D eigenvalue weighted by Gasteiger charge is -2.22. The van der Waals surface area contributed by atoms with Gasteiger partial charge in [0.05, 0.1) is 0 Å². The van der Waals surface area contributed by atoms with Crippen molar-refractivity contribution in [3.8, 4) is 0 Å². The molecule has 0 spiro atoms. The lowest BCUT2D eigenvalue weighted by Crippen LogP contribution is -2.18. The fraction of sp³-hybridized carbons (Fsp3) is 0.647. The minimum absolute atomic E-state index is 0.276. The minimum atomic E-state index is 0.276. The van der Waals surface area contributed by atoms with Gasteiger partial charge in [0.1, 0.15) is 0 Å². The number of hydrogen-bond acceptors (Lipinski definition) is 1. The van der Waals surface area contributed by atoms with E-state index in [1.165, 1.54) is 61.9 Å². The number of aromatic nitrogens is 1. The summed E-state index contributed by atoms with van der Waals surface area (Å²) >= 11 is 0. The molecule has 104 valence electrons. The Balaban J connectivity index is 1.75. The standard InChI is InChI=1S/C17H26N2/c1-13-12-15-16(18)8-5-9-17(15)19(13)11-10-14-6-3-2-4-7-14/h6,12,16H,2-5,7-11,18H2,1H3. The third-order valence-corrected chi connectivity index (χ3v) is 4.82. The molecule has 1 aromatic rings. The minimum Gasteiger partial charge on any atom is -0.348 e. The Hall–Kier alpha value is -1.02. The maximum Gasteiger partial charge on any atom is 0.0313 e. The van der Waals surface area contributed by atoms with Gasteiger partial charge in [0, 0.05) is 24.0 Å². The molecule has 0 bridgehead atoms. The third kappa shape index (κ3) is 2.64. The van der Waals surface area contributed by atoms with E-state index in [2.05, 4.69) is 23.6 Å². The van der Waals surface area contributed by atoms with Crippen molar-refractivity contribution in [3.05, 3.63) is 34.7 Å².